The first-order valence-electron chi connectivity index (χ1n) is 8.50. The van der Waals surface area contributed by atoms with Crippen LogP contribution in [0.25, 0.3) is 0 Å². The van der Waals surface area contributed by atoms with E-state index in [1.165, 1.54) is 0 Å². The number of carbonyl (C=O) groups is 3. The number of benzene rings is 1. The normalized spacial score (nSPS) is 16.8. The largest absolute Gasteiger partial charge is 0.455 e. The Morgan fingerprint density at radius 2 is 2.00 bits per heavy atom. The molecule has 0 aromatic heterocycles. The van der Waals surface area contributed by atoms with Crippen LogP contribution in [0, 0.1) is 5.92 Å². The number of hydrogen-bond acceptors (Lipinski definition) is 5. The van der Waals surface area contributed by atoms with Gasteiger partial charge in [-0.15, -0.1) is 11.8 Å². The van der Waals surface area contributed by atoms with Gasteiger partial charge >= 0.3 is 5.97 Å². The predicted octanol–water partition coefficient (Wildman–Crippen LogP) is 2.81. The van der Waals surface area contributed by atoms with Crippen molar-refractivity contribution in [2.24, 2.45) is 5.92 Å². The van der Waals surface area contributed by atoms with Gasteiger partial charge in [0, 0.05) is 23.8 Å². The molecular formula is C18H23ClN2O4S. The molecule has 8 heteroatoms. The van der Waals surface area contributed by atoms with Gasteiger partial charge in [-0.05, 0) is 43.0 Å². The van der Waals surface area contributed by atoms with Gasteiger partial charge in [0.1, 0.15) is 0 Å². The molecule has 1 aliphatic rings. The lowest BCUT2D eigenvalue weighted by molar-refractivity contribution is -0.150. The molecule has 1 fully saturated rings. The van der Waals surface area contributed by atoms with Crippen LogP contribution >= 0.6 is 23.4 Å². The van der Waals surface area contributed by atoms with E-state index >= 15 is 0 Å². The van der Waals surface area contributed by atoms with E-state index in [9.17, 15) is 14.4 Å². The fourth-order valence-corrected chi connectivity index (χ4v) is 3.38. The minimum atomic E-state index is -0.493. The first-order valence-corrected chi connectivity index (χ1v) is 10.0. The number of anilines is 1. The summed E-state index contributed by atoms with van der Waals surface area (Å²) in [6.07, 6.45) is 2.11. The van der Waals surface area contributed by atoms with E-state index in [4.69, 9.17) is 16.3 Å². The van der Waals surface area contributed by atoms with Crippen molar-refractivity contribution in [1.82, 2.24) is 4.90 Å². The summed E-state index contributed by atoms with van der Waals surface area (Å²) in [6, 6.07) is 6.77. The zero-order valence-corrected chi connectivity index (χ0v) is 16.3. The Kier molecular flexibility index (Phi) is 8.25. The highest BCUT2D eigenvalue weighted by Crippen LogP contribution is 2.16. The van der Waals surface area contributed by atoms with Gasteiger partial charge in [0.15, 0.2) is 6.61 Å². The number of likely N-dealkylation sites (tertiary alicyclic amines) is 1. The highest BCUT2D eigenvalue weighted by molar-refractivity contribution is 8.00. The van der Waals surface area contributed by atoms with Crippen molar-refractivity contribution in [3.8, 4) is 0 Å². The summed E-state index contributed by atoms with van der Waals surface area (Å²) in [7, 11) is 0. The number of hydrogen-bond donors (Lipinski definition) is 1. The van der Waals surface area contributed by atoms with Gasteiger partial charge in [-0.1, -0.05) is 18.5 Å². The van der Waals surface area contributed by atoms with Crippen LogP contribution in [0.4, 0.5) is 5.69 Å². The maximum atomic E-state index is 12.0. The zero-order valence-electron chi connectivity index (χ0n) is 14.7. The topological polar surface area (TPSA) is 75.7 Å². The summed E-state index contributed by atoms with van der Waals surface area (Å²) in [5, 5.41) is 3.30. The molecule has 0 aliphatic carbocycles. The standard InChI is InChI=1S/C18H23ClN2O4S/c1-13-3-2-8-21(9-13)17(23)10-25-18(24)12-26-11-16(22)20-15-6-4-14(19)5-7-15/h4-7,13H,2-3,8-12H2,1H3,(H,20,22)/t13-/m1/s1. The average Bonchev–Trinajstić information content (AvgIpc) is 2.61. The second-order valence-electron chi connectivity index (χ2n) is 6.30. The molecule has 6 nitrogen and oxygen atoms in total. The molecule has 1 saturated heterocycles. The highest BCUT2D eigenvalue weighted by atomic mass is 35.5. The number of carbonyl (C=O) groups excluding carboxylic acids is 3. The van der Waals surface area contributed by atoms with E-state index < -0.39 is 5.97 Å². The lowest BCUT2D eigenvalue weighted by atomic mass is 10.0. The van der Waals surface area contributed by atoms with Gasteiger partial charge in [0.2, 0.25) is 5.91 Å². The average molecular weight is 399 g/mol. The van der Waals surface area contributed by atoms with Crippen molar-refractivity contribution < 1.29 is 19.1 Å². The van der Waals surface area contributed by atoms with Crippen LogP contribution in [0.5, 0.6) is 0 Å². The zero-order chi connectivity index (χ0) is 18.9. The number of nitrogens with one attached hydrogen (secondary N) is 1. The second kappa shape index (κ2) is 10.4. The number of ether oxygens (including phenoxy) is 1. The number of piperidine rings is 1. The van der Waals surface area contributed by atoms with E-state index in [0.29, 0.717) is 16.6 Å². The Hall–Kier alpha value is -1.73. The number of esters is 1. The predicted molar refractivity (Wildman–Crippen MR) is 103 cm³/mol. The molecule has 0 saturated carbocycles. The van der Waals surface area contributed by atoms with Gasteiger partial charge < -0.3 is 15.0 Å². The molecule has 26 heavy (non-hydrogen) atoms. The van der Waals surface area contributed by atoms with Crippen LogP contribution in [0.1, 0.15) is 19.8 Å². The van der Waals surface area contributed by atoms with E-state index in [-0.39, 0.29) is 29.9 Å². The SMILES string of the molecule is C[C@@H]1CCCN(C(=O)COC(=O)CSCC(=O)Nc2ccc(Cl)cc2)C1. The minimum absolute atomic E-state index is 0.0255. The smallest absolute Gasteiger partial charge is 0.316 e. The summed E-state index contributed by atoms with van der Waals surface area (Å²) in [4.78, 5) is 37.3. The third-order valence-electron chi connectivity index (χ3n) is 3.95. The quantitative estimate of drug-likeness (QED) is 0.715. The van der Waals surface area contributed by atoms with Crippen LogP contribution in [-0.2, 0) is 19.1 Å². The molecule has 1 N–H and O–H groups in total. The summed E-state index contributed by atoms with van der Waals surface area (Å²) in [5.41, 5.74) is 0.643. The van der Waals surface area contributed by atoms with Crippen LogP contribution in [-0.4, -0.2) is 53.9 Å². The number of halogens is 1. The monoisotopic (exact) mass is 398 g/mol. The van der Waals surface area contributed by atoms with Crippen molar-refractivity contribution in [3.05, 3.63) is 29.3 Å². The van der Waals surface area contributed by atoms with Crippen molar-refractivity contribution >= 4 is 46.8 Å². The molecule has 1 aromatic rings. The highest BCUT2D eigenvalue weighted by Gasteiger charge is 2.21. The Morgan fingerprint density at radius 3 is 2.69 bits per heavy atom. The van der Waals surface area contributed by atoms with Crippen LogP contribution in [0.2, 0.25) is 5.02 Å². The fourth-order valence-electron chi connectivity index (χ4n) is 2.65. The van der Waals surface area contributed by atoms with Crippen molar-refractivity contribution in [1.29, 1.82) is 0 Å². The van der Waals surface area contributed by atoms with E-state index in [1.807, 2.05) is 0 Å². The van der Waals surface area contributed by atoms with Crippen LogP contribution in [0.3, 0.4) is 0 Å². The molecule has 2 rings (SSSR count). The number of thioether (sulfide) groups is 1. The van der Waals surface area contributed by atoms with Gasteiger partial charge in [-0.25, -0.2) is 0 Å². The van der Waals surface area contributed by atoms with E-state index in [0.717, 1.165) is 37.7 Å². The lowest BCUT2D eigenvalue weighted by Crippen LogP contribution is -2.41. The summed E-state index contributed by atoms with van der Waals surface area (Å²) in [6.45, 7) is 3.32. The molecule has 0 radical (unpaired) electrons. The maximum absolute atomic E-state index is 12.0. The molecule has 0 bridgehead atoms. The third-order valence-corrected chi connectivity index (χ3v) is 5.11. The minimum Gasteiger partial charge on any atom is -0.455 e. The molecule has 0 spiro atoms. The molecule has 1 aliphatic heterocycles. The van der Waals surface area contributed by atoms with Crippen molar-refractivity contribution in [2.75, 3.05) is 36.5 Å². The summed E-state index contributed by atoms with van der Waals surface area (Å²) in [5.74, 6) is -0.239. The molecular weight excluding hydrogens is 376 g/mol. The number of rotatable bonds is 7. The molecule has 1 atom stereocenters. The number of nitrogens with zero attached hydrogens (tertiary/aromatic N) is 1. The van der Waals surface area contributed by atoms with Crippen molar-refractivity contribution in [2.45, 2.75) is 19.8 Å². The van der Waals surface area contributed by atoms with E-state index in [1.54, 1.807) is 29.2 Å². The van der Waals surface area contributed by atoms with Gasteiger partial charge in [0.25, 0.3) is 5.91 Å². The Balaban J connectivity index is 1.60. The first kappa shape index (κ1) is 20.6. The van der Waals surface area contributed by atoms with Crippen LogP contribution in [0.15, 0.2) is 24.3 Å². The first-order chi connectivity index (χ1) is 12.4. The Morgan fingerprint density at radius 1 is 1.27 bits per heavy atom. The lowest BCUT2D eigenvalue weighted by Gasteiger charge is -2.30. The molecule has 2 amide bonds. The summed E-state index contributed by atoms with van der Waals surface area (Å²) >= 11 is 6.92. The molecule has 142 valence electrons. The van der Waals surface area contributed by atoms with Crippen LogP contribution < -0.4 is 5.32 Å². The van der Waals surface area contributed by atoms with E-state index in [2.05, 4.69) is 12.2 Å². The second-order valence-corrected chi connectivity index (χ2v) is 7.72. The maximum Gasteiger partial charge on any atom is 0.316 e. The summed E-state index contributed by atoms with van der Waals surface area (Å²) < 4.78 is 5.01. The number of amides is 2. The molecule has 0 unspecified atom stereocenters. The van der Waals surface area contributed by atoms with Crippen molar-refractivity contribution in [3.63, 3.8) is 0 Å². The molecule has 1 aromatic carbocycles. The third kappa shape index (κ3) is 7.25. The molecule has 1 heterocycles. The van der Waals surface area contributed by atoms with Gasteiger partial charge in [-0.3, -0.25) is 14.4 Å². The Labute approximate surface area is 162 Å². The van der Waals surface area contributed by atoms with Gasteiger partial charge in [-0.2, -0.15) is 0 Å². The Bertz CT molecular complexity index is 639. The van der Waals surface area contributed by atoms with Gasteiger partial charge in [0.05, 0.1) is 11.5 Å². The fraction of sp³-hybridized carbons (Fsp3) is 0.500.